The van der Waals surface area contributed by atoms with Crippen LogP contribution in [0.2, 0.25) is 0 Å². The van der Waals surface area contributed by atoms with Crippen molar-refractivity contribution in [2.24, 2.45) is 5.41 Å². The second-order valence-electron chi connectivity index (χ2n) is 6.20. The molecule has 4 heteroatoms. The van der Waals surface area contributed by atoms with Crippen LogP contribution in [0.25, 0.3) is 0 Å². The molecule has 0 unspecified atom stereocenters. The first kappa shape index (κ1) is 14.2. The Hall–Kier alpha value is -1.19. The molecule has 1 aliphatic heterocycles. The van der Waals surface area contributed by atoms with Gasteiger partial charge in [0, 0.05) is 19.6 Å². The van der Waals surface area contributed by atoms with Gasteiger partial charge in [-0.2, -0.15) is 5.10 Å². The van der Waals surface area contributed by atoms with E-state index in [0.29, 0.717) is 5.41 Å². The van der Waals surface area contributed by atoms with Crippen LogP contribution < -0.4 is 10.6 Å². The van der Waals surface area contributed by atoms with Gasteiger partial charge in [-0.1, -0.05) is 27.2 Å². The minimum absolute atomic E-state index is 0.510. The summed E-state index contributed by atoms with van der Waals surface area (Å²) in [6, 6.07) is 0. The summed E-state index contributed by atoms with van der Waals surface area (Å²) in [5.74, 6) is 1.15. The molecule has 0 radical (unpaired) electrons. The molecule has 0 spiro atoms. The number of nitrogens with zero attached hydrogens (tertiary/aromatic N) is 3. The van der Waals surface area contributed by atoms with E-state index in [1.54, 1.807) is 0 Å². The van der Waals surface area contributed by atoms with Crippen LogP contribution in [-0.4, -0.2) is 22.9 Å². The topological polar surface area (TPSA) is 47.1 Å². The molecule has 1 aliphatic rings. The quantitative estimate of drug-likeness (QED) is 0.908. The zero-order valence-electron chi connectivity index (χ0n) is 12.9. The lowest BCUT2D eigenvalue weighted by Crippen LogP contribution is -2.39. The van der Waals surface area contributed by atoms with Crippen LogP contribution in [0, 0.1) is 12.3 Å². The Labute approximate surface area is 117 Å². The fourth-order valence-corrected chi connectivity index (χ4v) is 2.90. The van der Waals surface area contributed by atoms with Crippen LogP contribution in [-0.2, 0) is 6.54 Å². The molecule has 19 heavy (non-hydrogen) atoms. The maximum Gasteiger partial charge on any atom is 0.150 e. The number of aryl methyl sites for hydroxylation is 2. The average Bonchev–Trinajstić information content (AvgIpc) is 2.67. The van der Waals surface area contributed by atoms with E-state index in [2.05, 4.69) is 35.5 Å². The Morgan fingerprint density at radius 3 is 2.42 bits per heavy atom. The number of piperidine rings is 1. The summed E-state index contributed by atoms with van der Waals surface area (Å²) in [6.07, 6.45) is 4.86. The van der Waals surface area contributed by atoms with E-state index < -0.39 is 0 Å². The minimum Gasteiger partial charge on any atom is -0.394 e. The summed E-state index contributed by atoms with van der Waals surface area (Å²) in [6.45, 7) is 12.0. The molecule has 0 atom stereocenters. The van der Waals surface area contributed by atoms with E-state index in [9.17, 15) is 0 Å². The molecular formula is C15H28N4. The summed E-state index contributed by atoms with van der Waals surface area (Å²) in [5, 5.41) is 4.58. The van der Waals surface area contributed by atoms with Crippen molar-refractivity contribution in [2.45, 2.75) is 59.9 Å². The van der Waals surface area contributed by atoms with Crippen molar-refractivity contribution in [3.05, 3.63) is 5.69 Å². The standard InChI is InChI=1S/C15H28N4/c1-5-9-19-14(13(16)12(3)17-19)18-10-7-15(4,6-2)8-11-18/h5-11,16H2,1-4H3. The van der Waals surface area contributed by atoms with Crippen molar-refractivity contribution in [2.75, 3.05) is 23.7 Å². The van der Waals surface area contributed by atoms with Crippen LogP contribution in [0.1, 0.15) is 52.1 Å². The van der Waals surface area contributed by atoms with E-state index in [1.165, 1.54) is 19.3 Å². The second kappa shape index (κ2) is 5.43. The van der Waals surface area contributed by atoms with E-state index in [4.69, 9.17) is 5.73 Å². The second-order valence-corrected chi connectivity index (χ2v) is 6.20. The number of aromatic nitrogens is 2. The number of hydrogen-bond donors (Lipinski definition) is 1. The van der Waals surface area contributed by atoms with Gasteiger partial charge in [0.25, 0.3) is 0 Å². The van der Waals surface area contributed by atoms with Crippen LogP contribution >= 0.6 is 0 Å². The average molecular weight is 264 g/mol. The lowest BCUT2D eigenvalue weighted by Gasteiger charge is -2.40. The van der Waals surface area contributed by atoms with Crippen molar-refractivity contribution in [1.82, 2.24) is 9.78 Å². The van der Waals surface area contributed by atoms with Gasteiger partial charge >= 0.3 is 0 Å². The van der Waals surface area contributed by atoms with Crippen LogP contribution in [0.15, 0.2) is 0 Å². The van der Waals surface area contributed by atoms with Crippen molar-refractivity contribution >= 4 is 11.5 Å². The third kappa shape index (κ3) is 2.72. The van der Waals surface area contributed by atoms with Crippen LogP contribution in [0.5, 0.6) is 0 Å². The number of anilines is 2. The van der Waals surface area contributed by atoms with Crippen molar-refractivity contribution in [3.63, 3.8) is 0 Å². The zero-order chi connectivity index (χ0) is 14.0. The number of nitrogen functional groups attached to an aromatic ring is 1. The molecule has 0 saturated carbocycles. The third-order valence-corrected chi connectivity index (χ3v) is 4.70. The Kier molecular flexibility index (Phi) is 4.07. The summed E-state index contributed by atoms with van der Waals surface area (Å²) in [5.41, 5.74) is 8.58. The van der Waals surface area contributed by atoms with E-state index in [-0.39, 0.29) is 0 Å². The highest BCUT2D eigenvalue weighted by molar-refractivity contribution is 5.66. The Morgan fingerprint density at radius 1 is 1.26 bits per heavy atom. The Bertz CT molecular complexity index is 428. The summed E-state index contributed by atoms with van der Waals surface area (Å²) in [4.78, 5) is 2.43. The highest BCUT2D eigenvalue weighted by Gasteiger charge is 2.30. The van der Waals surface area contributed by atoms with Gasteiger partial charge in [0.2, 0.25) is 0 Å². The fraction of sp³-hybridized carbons (Fsp3) is 0.800. The SMILES string of the molecule is CCCn1nc(C)c(N)c1N1CCC(C)(CC)CC1. The van der Waals surface area contributed by atoms with Gasteiger partial charge in [-0.05, 0) is 31.6 Å². The van der Waals surface area contributed by atoms with E-state index in [1.807, 2.05) is 6.92 Å². The predicted octanol–water partition coefficient (Wildman–Crippen LogP) is 3.20. The predicted molar refractivity (Wildman–Crippen MR) is 81.5 cm³/mol. The minimum atomic E-state index is 0.510. The lowest BCUT2D eigenvalue weighted by molar-refractivity contribution is 0.237. The normalized spacial score (nSPS) is 18.8. The molecule has 0 aromatic carbocycles. The Morgan fingerprint density at radius 2 is 1.89 bits per heavy atom. The smallest absolute Gasteiger partial charge is 0.150 e. The molecule has 4 nitrogen and oxygen atoms in total. The first-order chi connectivity index (χ1) is 9.00. The maximum absolute atomic E-state index is 6.24. The number of hydrogen-bond acceptors (Lipinski definition) is 3. The highest BCUT2D eigenvalue weighted by Crippen LogP contribution is 2.37. The molecule has 108 valence electrons. The molecule has 1 fully saturated rings. The molecule has 2 rings (SSSR count). The molecule has 1 aromatic heterocycles. The van der Waals surface area contributed by atoms with E-state index in [0.717, 1.165) is 43.3 Å². The Balaban J connectivity index is 2.19. The van der Waals surface area contributed by atoms with Gasteiger partial charge < -0.3 is 10.6 Å². The molecule has 0 bridgehead atoms. The van der Waals surface area contributed by atoms with Crippen molar-refractivity contribution < 1.29 is 0 Å². The lowest BCUT2D eigenvalue weighted by atomic mass is 9.78. The fourth-order valence-electron chi connectivity index (χ4n) is 2.90. The van der Waals surface area contributed by atoms with Gasteiger partial charge in [-0.15, -0.1) is 0 Å². The zero-order valence-corrected chi connectivity index (χ0v) is 12.9. The van der Waals surface area contributed by atoms with Gasteiger partial charge in [-0.25, -0.2) is 4.68 Å². The van der Waals surface area contributed by atoms with E-state index >= 15 is 0 Å². The summed E-state index contributed by atoms with van der Waals surface area (Å²) in [7, 11) is 0. The largest absolute Gasteiger partial charge is 0.394 e. The van der Waals surface area contributed by atoms with Gasteiger partial charge in [-0.3, -0.25) is 0 Å². The van der Waals surface area contributed by atoms with Crippen LogP contribution in [0.4, 0.5) is 11.5 Å². The van der Waals surface area contributed by atoms with Crippen LogP contribution in [0.3, 0.4) is 0 Å². The molecule has 2 N–H and O–H groups in total. The van der Waals surface area contributed by atoms with Gasteiger partial charge in [0.05, 0.1) is 11.4 Å². The van der Waals surface area contributed by atoms with Crippen molar-refractivity contribution in [1.29, 1.82) is 0 Å². The summed E-state index contributed by atoms with van der Waals surface area (Å²) < 4.78 is 2.10. The molecule has 0 amide bonds. The molecule has 1 saturated heterocycles. The van der Waals surface area contributed by atoms with Crippen molar-refractivity contribution in [3.8, 4) is 0 Å². The highest BCUT2D eigenvalue weighted by atomic mass is 15.4. The molecular weight excluding hydrogens is 236 g/mol. The third-order valence-electron chi connectivity index (χ3n) is 4.70. The monoisotopic (exact) mass is 264 g/mol. The van der Waals surface area contributed by atoms with Gasteiger partial charge in [0.15, 0.2) is 5.82 Å². The molecule has 0 aliphatic carbocycles. The molecule has 1 aromatic rings. The van der Waals surface area contributed by atoms with Gasteiger partial charge in [0.1, 0.15) is 0 Å². The summed E-state index contributed by atoms with van der Waals surface area (Å²) >= 11 is 0. The number of nitrogens with two attached hydrogens (primary N) is 1. The number of rotatable bonds is 4. The first-order valence-corrected chi connectivity index (χ1v) is 7.58. The maximum atomic E-state index is 6.24. The first-order valence-electron chi connectivity index (χ1n) is 7.58. The molecule has 2 heterocycles.